The van der Waals surface area contributed by atoms with Gasteiger partial charge in [-0.1, -0.05) is 6.92 Å². The normalized spacial score (nSPS) is 24.8. The van der Waals surface area contributed by atoms with Crippen LogP contribution in [0.25, 0.3) is 0 Å². The summed E-state index contributed by atoms with van der Waals surface area (Å²) in [7, 11) is 0. The van der Waals surface area contributed by atoms with Crippen molar-refractivity contribution in [1.82, 2.24) is 20.0 Å². The minimum atomic E-state index is -1.06. The number of imide groups is 2. The average Bonchev–Trinajstić information content (AvgIpc) is 3.09. The highest BCUT2D eigenvalue weighted by molar-refractivity contribution is 6.23. The van der Waals surface area contributed by atoms with Crippen LogP contribution in [-0.2, 0) is 9.59 Å². The molecule has 0 bridgehead atoms. The number of nitrogens with zero attached hydrogens (tertiary/aromatic N) is 4. The summed E-state index contributed by atoms with van der Waals surface area (Å²) in [6.07, 6.45) is 2.55. The summed E-state index contributed by atoms with van der Waals surface area (Å²) in [6, 6.07) is 1.51. The summed E-state index contributed by atoms with van der Waals surface area (Å²) >= 11 is 0. The monoisotopic (exact) mass is 485 g/mol. The molecule has 4 aliphatic rings. The van der Waals surface area contributed by atoms with E-state index >= 15 is 4.39 Å². The van der Waals surface area contributed by atoms with Crippen molar-refractivity contribution >= 4 is 29.3 Å². The maximum absolute atomic E-state index is 15.1. The second-order valence-corrected chi connectivity index (χ2v) is 9.96. The second kappa shape index (κ2) is 9.66. The molecule has 5 rings (SSSR count). The number of hydrogen-bond donors (Lipinski definition) is 1. The number of carbonyl (C=O) groups excluding carboxylic acids is 4. The standard InChI is InChI=1S/C25H32FN5O4/c1-2-28-7-5-16(6-8-28)15-29-9-11-30(12-10-29)21-14-18-17(13-19(21)26)24(34)31(25(18)35)20-3-4-22(32)27-23(20)33/h13-14,16,20H,2-12,15H2,1H3,(H,27,32,33). The fourth-order valence-electron chi connectivity index (χ4n) is 5.74. The lowest BCUT2D eigenvalue weighted by Crippen LogP contribution is -2.54. The largest absolute Gasteiger partial charge is 0.367 e. The maximum atomic E-state index is 15.1. The van der Waals surface area contributed by atoms with Crippen LogP contribution < -0.4 is 10.2 Å². The predicted octanol–water partition coefficient (Wildman–Crippen LogP) is 1.08. The first-order valence-electron chi connectivity index (χ1n) is 12.6. The smallest absolute Gasteiger partial charge is 0.262 e. The summed E-state index contributed by atoms with van der Waals surface area (Å²) in [6.45, 7) is 9.61. The van der Waals surface area contributed by atoms with Crippen LogP contribution in [-0.4, -0.2) is 96.7 Å². The molecule has 0 spiro atoms. The Bertz CT molecular complexity index is 1050. The molecule has 0 radical (unpaired) electrons. The average molecular weight is 486 g/mol. The predicted molar refractivity (Wildman–Crippen MR) is 127 cm³/mol. The SMILES string of the molecule is CCN1CCC(CN2CCN(c3cc4c(cc3F)C(=O)N(C3CCC(=O)NC3=O)C4=O)CC2)CC1. The van der Waals surface area contributed by atoms with E-state index in [9.17, 15) is 19.2 Å². The van der Waals surface area contributed by atoms with Crippen LogP contribution in [0.15, 0.2) is 12.1 Å². The van der Waals surface area contributed by atoms with Crippen LogP contribution in [0.1, 0.15) is 53.3 Å². The zero-order chi connectivity index (χ0) is 24.7. The molecule has 1 N–H and O–H groups in total. The number of amides is 4. The molecule has 1 aromatic carbocycles. The summed E-state index contributed by atoms with van der Waals surface area (Å²) in [5, 5.41) is 2.17. The van der Waals surface area contributed by atoms with Crippen molar-refractivity contribution in [3.63, 3.8) is 0 Å². The van der Waals surface area contributed by atoms with E-state index in [0.29, 0.717) is 24.7 Å². The molecule has 10 heteroatoms. The fraction of sp³-hybridized carbons (Fsp3) is 0.600. The lowest BCUT2D eigenvalue weighted by atomic mass is 9.96. The topological polar surface area (TPSA) is 93.3 Å². The molecule has 9 nitrogen and oxygen atoms in total. The summed E-state index contributed by atoms with van der Waals surface area (Å²) < 4.78 is 15.1. The van der Waals surface area contributed by atoms with Crippen molar-refractivity contribution in [3.8, 4) is 0 Å². The van der Waals surface area contributed by atoms with E-state index in [1.54, 1.807) is 0 Å². The minimum Gasteiger partial charge on any atom is -0.367 e. The zero-order valence-electron chi connectivity index (χ0n) is 20.1. The Morgan fingerprint density at radius 3 is 2.17 bits per heavy atom. The third-order valence-corrected chi connectivity index (χ3v) is 7.89. The Labute approximate surface area is 204 Å². The number of rotatable bonds is 5. The molecule has 4 aliphatic heterocycles. The molecule has 188 valence electrons. The number of benzene rings is 1. The van der Waals surface area contributed by atoms with Crippen molar-refractivity contribution < 1.29 is 23.6 Å². The molecule has 1 unspecified atom stereocenters. The number of hydrogen-bond acceptors (Lipinski definition) is 7. The lowest BCUT2D eigenvalue weighted by molar-refractivity contribution is -0.136. The third-order valence-electron chi connectivity index (χ3n) is 7.89. The van der Waals surface area contributed by atoms with Gasteiger partial charge >= 0.3 is 0 Å². The lowest BCUT2D eigenvalue weighted by Gasteiger charge is -2.39. The number of anilines is 1. The molecule has 3 saturated heterocycles. The number of halogens is 1. The third kappa shape index (κ3) is 4.56. The highest BCUT2D eigenvalue weighted by atomic mass is 19.1. The van der Waals surface area contributed by atoms with Crippen molar-refractivity contribution in [1.29, 1.82) is 0 Å². The molecule has 3 fully saturated rings. The first kappa shape index (κ1) is 23.9. The van der Waals surface area contributed by atoms with E-state index in [1.807, 2.05) is 4.90 Å². The molecule has 0 aliphatic carbocycles. The molecule has 35 heavy (non-hydrogen) atoms. The number of piperidine rings is 2. The Balaban J connectivity index is 1.24. The number of likely N-dealkylation sites (tertiary alicyclic amines) is 1. The fourth-order valence-corrected chi connectivity index (χ4v) is 5.74. The van der Waals surface area contributed by atoms with Crippen molar-refractivity contribution in [2.24, 2.45) is 5.92 Å². The van der Waals surface area contributed by atoms with E-state index < -0.39 is 35.5 Å². The van der Waals surface area contributed by atoms with Crippen molar-refractivity contribution in [2.45, 2.75) is 38.6 Å². The second-order valence-electron chi connectivity index (χ2n) is 9.96. The van der Waals surface area contributed by atoms with E-state index in [1.165, 1.54) is 18.9 Å². The van der Waals surface area contributed by atoms with Crippen LogP contribution in [0.4, 0.5) is 10.1 Å². The van der Waals surface area contributed by atoms with Gasteiger partial charge < -0.3 is 9.80 Å². The number of piperazine rings is 1. The van der Waals surface area contributed by atoms with Gasteiger partial charge in [-0.05, 0) is 56.9 Å². The molecule has 4 heterocycles. The first-order chi connectivity index (χ1) is 16.9. The summed E-state index contributed by atoms with van der Waals surface area (Å²) in [5.74, 6) is -2.25. The Hall–Kier alpha value is -2.85. The quantitative estimate of drug-likeness (QED) is 0.624. The first-order valence-corrected chi connectivity index (χ1v) is 12.6. The van der Waals surface area contributed by atoms with Crippen LogP contribution in [0.3, 0.4) is 0 Å². The number of fused-ring (bicyclic) bond motifs is 1. The van der Waals surface area contributed by atoms with E-state index in [0.717, 1.165) is 50.2 Å². The minimum absolute atomic E-state index is 0.0296. The van der Waals surface area contributed by atoms with Crippen molar-refractivity contribution in [2.75, 3.05) is 57.3 Å². The van der Waals surface area contributed by atoms with Crippen molar-refractivity contribution in [3.05, 3.63) is 29.1 Å². The highest BCUT2D eigenvalue weighted by Crippen LogP contribution is 2.33. The highest BCUT2D eigenvalue weighted by Gasteiger charge is 2.45. The van der Waals surface area contributed by atoms with Gasteiger partial charge in [0.25, 0.3) is 11.8 Å². The van der Waals surface area contributed by atoms with E-state index in [2.05, 4.69) is 22.0 Å². The van der Waals surface area contributed by atoms with Crippen LogP contribution in [0.5, 0.6) is 0 Å². The molecule has 0 saturated carbocycles. The van der Waals surface area contributed by atoms with Crippen LogP contribution in [0.2, 0.25) is 0 Å². The van der Waals surface area contributed by atoms with Gasteiger partial charge in [0.15, 0.2) is 0 Å². The van der Waals surface area contributed by atoms with Gasteiger partial charge in [-0.15, -0.1) is 0 Å². The maximum Gasteiger partial charge on any atom is 0.262 e. The van der Waals surface area contributed by atoms with Gasteiger partial charge in [0.1, 0.15) is 11.9 Å². The van der Waals surface area contributed by atoms with Crippen LogP contribution >= 0.6 is 0 Å². The zero-order valence-corrected chi connectivity index (χ0v) is 20.1. The van der Waals surface area contributed by atoms with Gasteiger partial charge in [0.2, 0.25) is 11.8 Å². The summed E-state index contributed by atoms with van der Waals surface area (Å²) in [4.78, 5) is 57.4. The molecule has 1 atom stereocenters. The molecular formula is C25H32FN5O4. The van der Waals surface area contributed by atoms with Gasteiger partial charge in [0.05, 0.1) is 16.8 Å². The number of carbonyl (C=O) groups is 4. The molecule has 1 aromatic rings. The Kier molecular flexibility index (Phi) is 6.59. The van der Waals surface area contributed by atoms with Gasteiger partial charge in [-0.25, -0.2) is 4.39 Å². The molecular weight excluding hydrogens is 453 g/mol. The van der Waals surface area contributed by atoms with E-state index in [-0.39, 0.29) is 24.0 Å². The van der Waals surface area contributed by atoms with Gasteiger partial charge in [0, 0.05) is 39.1 Å². The molecule has 0 aromatic heterocycles. The van der Waals surface area contributed by atoms with E-state index in [4.69, 9.17) is 0 Å². The Morgan fingerprint density at radius 1 is 0.886 bits per heavy atom. The Morgan fingerprint density at radius 2 is 1.54 bits per heavy atom. The summed E-state index contributed by atoms with van der Waals surface area (Å²) in [5.41, 5.74) is 0.394. The van der Waals surface area contributed by atoms with Gasteiger partial charge in [-0.3, -0.25) is 34.3 Å². The van der Waals surface area contributed by atoms with Gasteiger partial charge in [-0.2, -0.15) is 0 Å². The van der Waals surface area contributed by atoms with Crippen LogP contribution in [0, 0.1) is 11.7 Å². The molecule has 4 amide bonds. The number of nitrogens with one attached hydrogen (secondary N) is 1.